The summed E-state index contributed by atoms with van der Waals surface area (Å²) in [6.45, 7) is 6.85. The van der Waals surface area contributed by atoms with E-state index in [4.69, 9.17) is 5.10 Å². The topological polar surface area (TPSA) is 85.6 Å². The minimum absolute atomic E-state index is 0.139. The summed E-state index contributed by atoms with van der Waals surface area (Å²) >= 11 is 1.34. The van der Waals surface area contributed by atoms with Crippen LogP contribution in [0.4, 0.5) is 5.82 Å². The maximum absolute atomic E-state index is 12.9. The van der Waals surface area contributed by atoms with Crippen molar-refractivity contribution >= 4 is 23.1 Å². The molecule has 0 aliphatic rings. The van der Waals surface area contributed by atoms with Crippen molar-refractivity contribution in [2.45, 2.75) is 32.7 Å². The largest absolute Gasteiger partial charge is 0.305 e. The second-order valence-electron chi connectivity index (χ2n) is 7.87. The monoisotopic (exact) mass is 418 g/mol. The van der Waals surface area contributed by atoms with Gasteiger partial charge in [-0.05, 0) is 11.6 Å². The molecule has 0 aliphatic heterocycles. The summed E-state index contributed by atoms with van der Waals surface area (Å²) in [6, 6.07) is 13.7. The summed E-state index contributed by atoms with van der Waals surface area (Å²) < 4.78 is 1.82. The van der Waals surface area contributed by atoms with Gasteiger partial charge in [0.15, 0.2) is 10.8 Å². The van der Waals surface area contributed by atoms with Gasteiger partial charge in [-0.25, -0.2) is 19.6 Å². The van der Waals surface area contributed by atoms with Crippen LogP contribution in [0.25, 0.3) is 10.8 Å². The van der Waals surface area contributed by atoms with Crippen molar-refractivity contribution in [2.75, 3.05) is 5.32 Å². The first-order valence-corrected chi connectivity index (χ1v) is 10.4. The minimum atomic E-state index is -0.289. The van der Waals surface area contributed by atoms with Crippen molar-refractivity contribution in [1.82, 2.24) is 24.7 Å². The predicted molar refractivity (Wildman–Crippen MR) is 118 cm³/mol. The summed E-state index contributed by atoms with van der Waals surface area (Å²) in [4.78, 5) is 25.6. The lowest BCUT2D eigenvalue weighted by Gasteiger charge is -2.14. The van der Waals surface area contributed by atoms with E-state index >= 15 is 0 Å². The Balaban J connectivity index is 1.59. The van der Waals surface area contributed by atoms with Gasteiger partial charge in [-0.3, -0.25) is 4.79 Å². The van der Waals surface area contributed by atoms with Gasteiger partial charge >= 0.3 is 0 Å². The molecule has 0 radical (unpaired) electrons. The molecule has 4 aromatic rings. The molecule has 1 amide bonds. The SMILES string of the molecule is CC(C)(C)c1cc(NC(=O)c2csc(-c3ncccn3)n2)n(Cc2ccccc2)n1. The Hall–Kier alpha value is -3.39. The van der Waals surface area contributed by atoms with E-state index in [0.29, 0.717) is 28.9 Å². The van der Waals surface area contributed by atoms with Crippen LogP contribution in [0.15, 0.2) is 60.2 Å². The summed E-state index contributed by atoms with van der Waals surface area (Å²) in [5.41, 5.74) is 2.20. The van der Waals surface area contributed by atoms with Crippen LogP contribution in [0.1, 0.15) is 42.5 Å². The highest BCUT2D eigenvalue weighted by Gasteiger charge is 2.22. The van der Waals surface area contributed by atoms with Crippen LogP contribution in [-0.4, -0.2) is 30.6 Å². The maximum atomic E-state index is 12.9. The molecule has 0 fully saturated rings. The fourth-order valence-electron chi connectivity index (χ4n) is 2.83. The molecule has 1 N–H and O–H groups in total. The second kappa shape index (κ2) is 8.16. The summed E-state index contributed by atoms with van der Waals surface area (Å²) in [6.07, 6.45) is 3.30. The van der Waals surface area contributed by atoms with Gasteiger partial charge in [-0.1, -0.05) is 51.1 Å². The van der Waals surface area contributed by atoms with Gasteiger partial charge in [0, 0.05) is 29.3 Å². The van der Waals surface area contributed by atoms with Crippen LogP contribution in [-0.2, 0) is 12.0 Å². The molecule has 4 rings (SSSR count). The summed E-state index contributed by atoms with van der Waals surface area (Å²) in [5, 5.41) is 10.0. The Morgan fingerprint density at radius 2 is 1.83 bits per heavy atom. The van der Waals surface area contributed by atoms with Gasteiger partial charge in [0.05, 0.1) is 12.2 Å². The van der Waals surface area contributed by atoms with Crippen LogP contribution in [0.3, 0.4) is 0 Å². The van der Waals surface area contributed by atoms with E-state index < -0.39 is 0 Å². The molecule has 0 saturated heterocycles. The maximum Gasteiger partial charge on any atom is 0.276 e. The van der Waals surface area contributed by atoms with E-state index in [-0.39, 0.29) is 11.3 Å². The molecule has 30 heavy (non-hydrogen) atoms. The number of hydrogen-bond donors (Lipinski definition) is 1. The highest BCUT2D eigenvalue weighted by molar-refractivity contribution is 7.13. The third-order valence-electron chi connectivity index (χ3n) is 4.46. The van der Waals surface area contributed by atoms with Gasteiger partial charge in [0.1, 0.15) is 11.5 Å². The first-order valence-electron chi connectivity index (χ1n) is 9.57. The Bertz CT molecular complexity index is 1150. The number of rotatable bonds is 5. The average molecular weight is 419 g/mol. The molecule has 8 heteroatoms. The number of nitrogens with zero attached hydrogens (tertiary/aromatic N) is 5. The number of thiazole rings is 1. The van der Waals surface area contributed by atoms with Gasteiger partial charge < -0.3 is 5.32 Å². The highest BCUT2D eigenvalue weighted by atomic mass is 32.1. The van der Waals surface area contributed by atoms with E-state index in [1.54, 1.807) is 23.8 Å². The predicted octanol–water partition coefficient (Wildman–Crippen LogP) is 4.39. The molecular weight excluding hydrogens is 396 g/mol. The third-order valence-corrected chi connectivity index (χ3v) is 5.30. The van der Waals surface area contributed by atoms with Crippen molar-refractivity contribution in [3.63, 3.8) is 0 Å². The van der Waals surface area contributed by atoms with Gasteiger partial charge in [0.25, 0.3) is 5.91 Å². The van der Waals surface area contributed by atoms with E-state index in [1.807, 2.05) is 41.1 Å². The second-order valence-corrected chi connectivity index (χ2v) is 8.73. The highest BCUT2D eigenvalue weighted by Crippen LogP contribution is 2.26. The molecule has 0 aliphatic carbocycles. The van der Waals surface area contributed by atoms with E-state index in [1.165, 1.54) is 11.3 Å². The Labute approximate surface area is 178 Å². The normalized spacial score (nSPS) is 11.4. The number of nitrogens with one attached hydrogen (secondary N) is 1. The molecule has 7 nitrogen and oxygen atoms in total. The van der Waals surface area contributed by atoms with Crippen LogP contribution >= 0.6 is 11.3 Å². The van der Waals surface area contributed by atoms with Crippen LogP contribution in [0.2, 0.25) is 0 Å². The zero-order chi connectivity index (χ0) is 21.1. The molecular formula is C22H22N6OS. The molecule has 0 saturated carbocycles. The first kappa shape index (κ1) is 19.9. The number of aromatic nitrogens is 5. The number of benzene rings is 1. The molecule has 1 aromatic carbocycles. The lowest BCUT2D eigenvalue weighted by Crippen LogP contribution is -2.16. The van der Waals surface area contributed by atoms with E-state index in [0.717, 1.165) is 11.3 Å². The van der Waals surface area contributed by atoms with Crippen LogP contribution in [0.5, 0.6) is 0 Å². The van der Waals surface area contributed by atoms with Crippen molar-refractivity contribution in [3.8, 4) is 10.8 Å². The third kappa shape index (κ3) is 4.44. The Morgan fingerprint density at radius 3 is 2.53 bits per heavy atom. The van der Waals surface area contributed by atoms with E-state index in [2.05, 4.69) is 41.0 Å². The minimum Gasteiger partial charge on any atom is -0.305 e. The molecule has 0 unspecified atom stereocenters. The summed E-state index contributed by atoms with van der Waals surface area (Å²) in [7, 11) is 0. The van der Waals surface area contributed by atoms with Crippen molar-refractivity contribution in [2.24, 2.45) is 0 Å². The molecule has 3 aromatic heterocycles. The number of amides is 1. The molecule has 0 atom stereocenters. The van der Waals surface area contributed by atoms with Gasteiger partial charge in [-0.15, -0.1) is 11.3 Å². The lowest BCUT2D eigenvalue weighted by atomic mass is 9.92. The quantitative estimate of drug-likeness (QED) is 0.519. The first-order chi connectivity index (χ1) is 14.4. The molecule has 0 spiro atoms. The lowest BCUT2D eigenvalue weighted by molar-refractivity contribution is 0.102. The number of carbonyl (C=O) groups excluding carboxylic acids is 1. The zero-order valence-electron chi connectivity index (χ0n) is 17.0. The van der Waals surface area contributed by atoms with Crippen LogP contribution < -0.4 is 5.32 Å². The molecule has 152 valence electrons. The molecule has 3 heterocycles. The fourth-order valence-corrected chi connectivity index (χ4v) is 3.58. The number of anilines is 1. The number of hydrogen-bond acceptors (Lipinski definition) is 6. The van der Waals surface area contributed by atoms with Crippen LogP contribution in [0, 0.1) is 0 Å². The van der Waals surface area contributed by atoms with Gasteiger partial charge in [-0.2, -0.15) is 5.10 Å². The zero-order valence-corrected chi connectivity index (χ0v) is 17.8. The fraction of sp³-hybridized carbons (Fsp3) is 0.227. The standard InChI is InChI=1S/C22H22N6OS/c1-22(2,3)17-12-18(28(27-17)13-15-8-5-4-6-9-15)26-20(29)16-14-30-21(25-16)19-23-10-7-11-24-19/h4-12,14H,13H2,1-3H3,(H,26,29). The van der Waals surface area contributed by atoms with Crippen molar-refractivity contribution in [3.05, 3.63) is 77.2 Å². The van der Waals surface area contributed by atoms with E-state index in [9.17, 15) is 4.79 Å². The van der Waals surface area contributed by atoms with Crippen molar-refractivity contribution < 1.29 is 4.79 Å². The Kier molecular flexibility index (Phi) is 5.41. The molecule has 0 bridgehead atoms. The smallest absolute Gasteiger partial charge is 0.276 e. The summed E-state index contributed by atoms with van der Waals surface area (Å²) in [5.74, 6) is 0.855. The average Bonchev–Trinajstić information content (AvgIpc) is 3.37. The van der Waals surface area contributed by atoms with Gasteiger partial charge in [0.2, 0.25) is 0 Å². The number of carbonyl (C=O) groups is 1. The Morgan fingerprint density at radius 1 is 1.10 bits per heavy atom. The van der Waals surface area contributed by atoms with Crippen molar-refractivity contribution in [1.29, 1.82) is 0 Å².